The minimum Gasteiger partial charge on any atom is -0.452 e. The van der Waals surface area contributed by atoms with Crippen molar-refractivity contribution in [1.29, 1.82) is 0 Å². The fraction of sp³-hybridized carbons (Fsp3) is 0.167. The molecule has 1 heterocycles. The second-order valence-electron chi connectivity index (χ2n) is 3.75. The summed E-state index contributed by atoms with van der Waals surface area (Å²) in [6.07, 6.45) is 0. The lowest BCUT2D eigenvalue weighted by atomic mass is 10.2. The summed E-state index contributed by atoms with van der Waals surface area (Å²) >= 11 is 21.2. The molecule has 1 aromatic carbocycles. The van der Waals surface area contributed by atoms with Gasteiger partial charge in [-0.1, -0.05) is 34.8 Å². The molecule has 2 aromatic rings. The summed E-state index contributed by atoms with van der Waals surface area (Å²) in [5.74, 6) is 0.795. The molecule has 1 N–H and O–H groups in total. The summed E-state index contributed by atoms with van der Waals surface area (Å²) in [4.78, 5) is 0. The predicted octanol–water partition coefficient (Wildman–Crippen LogP) is 6.18. The molecule has 0 spiro atoms. The van der Waals surface area contributed by atoms with Gasteiger partial charge in [0.25, 0.3) is 0 Å². The van der Waals surface area contributed by atoms with Crippen molar-refractivity contribution in [2.24, 2.45) is 0 Å². The second kappa shape index (κ2) is 5.74. The van der Waals surface area contributed by atoms with Crippen LogP contribution in [0.15, 0.2) is 33.4 Å². The summed E-state index contributed by atoms with van der Waals surface area (Å²) in [5.41, 5.74) is 0.714. The summed E-state index contributed by atoms with van der Waals surface area (Å²) in [6.45, 7) is 1.96. The van der Waals surface area contributed by atoms with Crippen LogP contribution in [0.25, 0.3) is 0 Å². The van der Waals surface area contributed by atoms with Crippen molar-refractivity contribution in [3.05, 3.63) is 49.8 Å². The molecule has 1 aromatic heterocycles. The number of benzene rings is 1. The van der Waals surface area contributed by atoms with Crippen molar-refractivity contribution < 1.29 is 4.42 Å². The van der Waals surface area contributed by atoms with Gasteiger partial charge >= 0.3 is 0 Å². The van der Waals surface area contributed by atoms with Crippen LogP contribution >= 0.6 is 50.7 Å². The van der Waals surface area contributed by atoms with Gasteiger partial charge in [0.1, 0.15) is 5.76 Å². The van der Waals surface area contributed by atoms with E-state index < -0.39 is 0 Å². The Balaban J connectivity index is 2.21. The second-order valence-corrected chi connectivity index (χ2v) is 5.76. The van der Waals surface area contributed by atoms with Crippen LogP contribution in [0.5, 0.6) is 0 Å². The largest absolute Gasteiger partial charge is 0.452 e. The number of halogens is 4. The fourth-order valence-corrected chi connectivity index (χ4v) is 2.42. The number of nitrogens with one attached hydrogen (secondary N) is 1. The van der Waals surface area contributed by atoms with Crippen LogP contribution in [-0.4, -0.2) is 0 Å². The molecule has 0 bridgehead atoms. The van der Waals surface area contributed by atoms with Crippen LogP contribution < -0.4 is 5.32 Å². The van der Waals surface area contributed by atoms with Crippen molar-refractivity contribution in [3.8, 4) is 0 Å². The smallest absolute Gasteiger partial charge is 0.169 e. The van der Waals surface area contributed by atoms with E-state index in [9.17, 15) is 0 Å². The molecular weight excluding hydrogens is 360 g/mol. The minimum absolute atomic E-state index is 0.0361. The van der Waals surface area contributed by atoms with Gasteiger partial charge in [-0.2, -0.15) is 0 Å². The maximum atomic E-state index is 6.09. The lowest BCUT2D eigenvalue weighted by Crippen LogP contribution is -2.06. The summed E-state index contributed by atoms with van der Waals surface area (Å²) in [5, 5.41) is 4.62. The van der Waals surface area contributed by atoms with Gasteiger partial charge < -0.3 is 9.73 Å². The third kappa shape index (κ3) is 3.15. The predicted molar refractivity (Wildman–Crippen MR) is 79.9 cm³/mol. The molecule has 2 rings (SSSR count). The number of furan rings is 1. The Bertz CT molecular complexity index is 570. The Labute approximate surface area is 128 Å². The Morgan fingerprint density at radius 2 is 1.78 bits per heavy atom. The van der Waals surface area contributed by atoms with Gasteiger partial charge in [0.15, 0.2) is 4.67 Å². The van der Waals surface area contributed by atoms with E-state index in [0.29, 0.717) is 25.4 Å². The Morgan fingerprint density at radius 3 is 2.39 bits per heavy atom. The van der Waals surface area contributed by atoms with E-state index in [2.05, 4.69) is 21.2 Å². The first-order valence-corrected chi connectivity index (χ1v) is 7.06. The van der Waals surface area contributed by atoms with Gasteiger partial charge in [0, 0.05) is 0 Å². The highest BCUT2D eigenvalue weighted by Gasteiger charge is 2.13. The van der Waals surface area contributed by atoms with E-state index in [1.54, 1.807) is 12.1 Å². The van der Waals surface area contributed by atoms with Gasteiger partial charge in [0.2, 0.25) is 0 Å². The van der Waals surface area contributed by atoms with Crippen LogP contribution in [0.2, 0.25) is 15.1 Å². The third-order valence-electron chi connectivity index (χ3n) is 2.40. The van der Waals surface area contributed by atoms with Crippen molar-refractivity contribution in [2.75, 3.05) is 5.32 Å². The number of rotatable bonds is 3. The van der Waals surface area contributed by atoms with Crippen LogP contribution in [0, 0.1) is 0 Å². The van der Waals surface area contributed by atoms with Gasteiger partial charge in [0.05, 0.1) is 26.8 Å². The van der Waals surface area contributed by atoms with Crippen molar-refractivity contribution in [1.82, 2.24) is 0 Å². The quantitative estimate of drug-likeness (QED) is 0.654. The molecule has 6 heteroatoms. The molecule has 0 aliphatic rings. The first-order chi connectivity index (χ1) is 8.47. The molecule has 1 atom stereocenters. The van der Waals surface area contributed by atoms with Gasteiger partial charge in [-0.05, 0) is 47.1 Å². The first-order valence-electron chi connectivity index (χ1n) is 5.13. The fourth-order valence-electron chi connectivity index (χ4n) is 1.50. The number of anilines is 1. The molecule has 1 unspecified atom stereocenters. The molecule has 96 valence electrons. The number of hydrogen-bond donors (Lipinski definition) is 1. The lowest BCUT2D eigenvalue weighted by Gasteiger charge is -2.15. The van der Waals surface area contributed by atoms with Crippen LogP contribution in [0.1, 0.15) is 18.7 Å². The summed E-state index contributed by atoms with van der Waals surface area (Å²) < 4.78 is 6.15. The molecule has 0 aliphatic heterocycles. The Hall–Kier alpha value is -0.350. The molecule has 0 radical (unpaired) electrons. The highest BCUT2D eigenvalue weighted by molar-refractivity contribution is 9.10. The SMILES string of the molecule is CC(Nc1cc(Cl)c(Cl)cc1Cl)c1ccc(Br)o1. The maximum Gasteiger partial charge on any atom is 0.169 e. The Kier molecular flexibility index (Phi) is 4.49. The first kappa shape index (κ1) is 14.1. The van der Waals surface area contributed by atoms with E-state index >= 15 is 0 Å². The number of hydrogen-bond acceptors (Lipinski definition) is 2. The molecule has 18 heavy (non-hydrogen) atoms. The average Bonchev–Trinajstić information content (AvgIpc) is 2.73. The molecule has 0 amide bonds. The molecule has 0 saturated carbocycles. The topological polar surface area (TPSA) is 25.2 Å². The molecule has 0 aliphatic carbocycles. The van der Waals surface area contributed by atoms with Crippen LogP contribution in [0.4, 0.5) is 5.69 Å². The van der Waals surface area contributed by atoms with Crippen LogP contribution in [0.3, 0.4) is 0 Å². The Morgan fingerprint density at radius 1 is 1.11 bits per heavy atom. The van der Waals surface area contributed by atoms with E-state index in [1.165, 1.54) is 0 Å². The summed E-state index contributed by atoms with van der Waals surface area (Å²) in [7, 11) is 0. The average molecular weight is 369 g/mol. The molecule has 0 fully saturated rings. The van der Waals surface area contributed by atoms with Gasteiger partial charge in [-0.15, -0.1) is 0 Å². The van der Waals surface area contributed by atoms with Crippen molar-refractivity contribution >= 4 is 56.4 Å². The van der Waals surface area contributed by atoms with Crippen molar-refractivity contribution in [3.63, 3.8) is 0 Å². The van der Waals surface area contributed by atoms with Gasteiger partial charge in [-0.25, -0.2) is 0 Å². The highest BCUT2D eigenvalue weighted by atomic mass is 79.9. The molecule has 0 saturated heterocycles. The molecular formula is C12H9BrCl3NO. The monoisotopic (exact) mass is 367 g/mol. The van der Waals surface area contributed by atoms with Crippen LogP contribution in [-0.2, 0) is 0 Å². The van der Waals surface area contributed by atoms with E-state index in [1.807, 2.05) is 19.1 Å². The van der Waals surface area contributed by atoms with E-state index in [0.717, 1.165) is 5.76 Å². The maximum absolute atomic E-state index is 6.09. The zero-order valence-corrected chi connectivity index (χ0v) is 13.2. The summed E-state index contributed by atoms with van der Waals surface area (Å²) in [6, 6.07) is 6.99. The van der Waals surface area contributed by atoms with E-state index in [4.69, 9.17) is 39.2 Å². The van der Waals surface area contributed by atoms with Gasteiger partial charge in [-0.3, -0.25) is 0 Å². The third-order valence-corrected chi connectivity index (χ3v) is 3.86. The normalized spacial score (nSPS) is 12.5. The highest BCUT2D eigenvalue weighted by Crippen LogP contribution is 2.34. The minimum atomic E-state index is -0.0361. The standard InChI is InChI=1S/C12H9BrCl3NO/c1-6(11-2-3-12(13)18-11)17-10-5-8(15)7(14)4-9(10)16/h2-6,17H,1H3. The van der Waals surface area contributed by atoms with Crippen molar-refractivity contribution in [2.45, 2.75) is 13.0 Å². The lowest BCUT2D eigenvalue weighted by molar-refractivity contribution is 0.471. The zero-order chi connectivity index (χ0) is 13.3. The van der Waals surface area contributed by atoms with E-state index in [-0.39, 0.29) is 6.04 Å². The molecule has 2 nitrogen and oxygen atoms in total. The zero-order valence-electron chi connectivity index (χ0n) is 9.31.